The number of hydrogen-bond acceptors (Lipinski definition) is 2. The number of rotatable bonds is 5. The first-order valence-electron chi connectivity index (χ1n) is 13.5. The minimum atomic E-state index is -0.348. The summed E-state index contributed by atoms with van der Waals surface area (Å²) in [7, 11) is 0. The van der Waals surface area contributed by atoms with E-state index in [9.17, 15) is 10.2 Å². The van der Waals surface area contributed by atoms with Gasteiger partial charge in [-0.3, -0.25) is 0 Å². The van der Waals surface area contributed by atoms with Gasteiger partial charge in [-0.05, 0) is 111 Å². The molecule has 0 saturated heterocycles. The molecule has 4 rings (SSSR count). The molecule has 0 amide bonds. The van der Waals surface area contributed by atoms with Crippen LogP contribution in [0, 0.1) is 39.4 Å². The van der Waals surface area contributed by atoms with Crippen molar-refractivity contribution in [2.24, 2.45) is 39.4 Å². The maximum absolute atomic E-state index is 10.8. The minimum absolute atomic E-state index is 0.0179. The molecule has 4 aliphatic rings. The average molecular weight is 443 g/mol. The van der Waals surface area contributed by atoms with Gasteiger partial charge in [0.25, 0.3) is 0 Å². The lowest BCUT2D eigenvalue weighted by atomic mass is 9.43. The first-order chi connectivity index (χ1) is 14.8. The van der Waals surface area contributed by atoms with E-state index >= 15 is 0 Å². The summed E-state index contributed by atoms with van der Waals surface area (Å²) in [5, 5.41) is 21.1. The SMILES string of the molecule is C=C(C)[C@H](O)CC[C@@H](C)[C@H]1CC[C@@]2(C)C3=C(CC[C@]12C)[C@@]1(C)CC[C@H](O)C(C)(C)[C@@H]1CC3. The van der Waals surface area contributed by atoms with Crippen LogP contribution in [0.25, 0.3) is 0 Å². The molecule has 0 spiro atoms. The van der Waals surface area contributed by atoms with Crippen LogP contribution in [0.2, 0.25) is 0 Å². The van der Waals surface area contributed by atoms with Crippen LogP contribution >= 0.6 is 0 Å². The Hall–Kier alpha value is -0.600. The van der Waals surface area contributed by atoms with Gasteiger partial charge < -0.3 is 10.2 Å². The molecule has 2 N–H and O–H groups in total. The zero-order valence-electron chi connectivity index (χ0n) is 22.1. The second kappa shape index (κ2) is 7.98. The second-order valence-corrected chi connectivity index (χ2v) is 13.7. The quantitative estimate of drug-likeness (QED) is 0.434. The Morgan fingerprint density at radius 1 is 0.969 bits per heavy atom. The number of aliphatic hydroxyl groups is 2. The lowest BCUT2D eigenvalue weighted by Crippen LogP contribution is -2.55. The van der Waals surface area contributed by atoms with Crippen molar-refractivity contribution >= 4 is 0 Å². The maximum Gasteiger partial charge on any atom is 0.0744 e. The Morgan fingerprint density at radius 3 is 2.31 bits per heavy atom. The van der Waals surface area contributed by atoms with Crippen molar-refractivity contribution in [2.45, 2.75) is 125 Å². The molecule has 182 valence electrons. The predicted octanol–water partition coefficient (Wildman–Crippen LogP) is 7.45. The van der Waals surface area contributed by atoms with Gasteiger partial charge >= 0.3 is 0 Å². The minimum Gasteiger partial charge on any atom is -0.393 e. The van der Waals surface area contributed by atoms with Crippen LogP contribution in [0.4, 0.5) is 0 Å². The first kappa shape index (κ1) is 24.5. The summed E-state index contributed by atoms with van der Waals surface area (Å²) < 4.78 is 0. The third-order valence-electron chi connectivity index (χ3n) is 11.9. The smallest absolute Gasteiger partial charge is 0.0744 e. The van der Waals surface area contributed by atoms with Crippen molar-refractivity contribution in [3.05, 3.63) is 23.3 Å². The van der Waals surface area contributed by atoms with E-state index in [0.717, 1.165) is 37.2 Å². The predicted molar refractivity (Wildman–Crippen MR) is 134 cm³/mol. The highest BCUT2D eigenvalue weighted by atomic mass is 16.3. The van der Waals surface area contributed by atoms with E-state index in [-0.39, 0.29) is 23.0 Å². The molecular formula is C30H50O2. The van der Waals surface area contributed by atoms with E-state index in [0.29, 0.717) is 22.7 Å². The van der Waals surface area contributed by atoms with Crippen molar-refractivity contribution in [3.8, 4) is 0 Å². The zero-order chi connectivity index (χ0) is 23.7. The Bertz CT molecular complexity index is 793. The van der Waals surface area contributed by atoms with Gasteiger partial charge in [0.05, 0.1) is 12.2 Å². The van der Waals surface area contributed by atoms with Gasteiger partial charge in [0, 0.05) is 0 Å². The van der Waals surface area contributed by atoms with E-state index in [2.05, 4.69) is 48.1 Å². The van der Waals surface area contributed by atoms with E-state index in [1.54, 1.807) is 5.57 Å². The molecule has 32 heavy (non-hydrogen) atoms. The van der Waals surface area contributed by atoms with Gasteiger partial charge in [-0.25, -0.2) is 0 Å². The normalized spacial score (nSPS) is 45.0. The van der Waals surface area contributed by atoms with E-state index in [1.807, 2.05) is 12.5 Å². The lowest BCUT2D eigenvalue weighted by molar-refractivity contribution is -0.0962. The fourth-order valence-corrected chi connectivity index (χ4v) is 9.50. The van der Waals surface area contributed by atoms with Crippen molar-refractivity contribution in [2.75, 3.05) is 0 Å². The number of aliphatic hydroxyl groups excluding tert-OH is 2. The van der Waals surface area contributed by atoms with Crippen LogP contribution in [0.3, 0.4) is 0 Å². The number of hydrogen-bond donors (Lipinski definition) is 2. The molecule has 0 bridgehead atoms. The summed E-state index contributed by atoms with van der Waals surface area (Å²) in [5.41, 5.74) is 5.51. The van der Waals surface area contributed by atoms with E-state index < -0.39 is 0 Å². The van der Waals surface area contributed by atoms with Gasteiger partial charge in [0.2, 0.25) is 0 Å². The molecule has 0 aromatic carbocycles. The van der Waals surface area contributed by atoms with Crippen LogP contribution in [-0.2, 0) is 0 Å². The molecule has 4 aliphatic carbocycles. The molecule has 0 unspecified atom stereocenters. The largest absolute Gasteiger partial charge is 0.393 e. The van der Waals surface area contributed by atoms with Crippen LogP contribution in [0.5, 0.6) is 0 Å². The molecule has 2 fully saturated rings. The Morgan fingerprint density at radius 2 is 1.66 bits per heavy atom. The maximum atomic E-state index is 10.8. The van der Waals surface area contributed by atoms with Crippen LogP contribution in [0.15, 0.2) is 23.3 Å². The van der Waals surface area contributed by atoms with Gasteiger partial charge in [0.1, 0.15) is 0 Å². The van der Waals surface area contributed by atoms with Crippen LogP contribution < -0.4 is 0 Å². The molecule has 2 saturated carbocycles. The molecule has 2 heteroatoms. The first-order valence-corrected chi connectivity index (χ1v) is 13.5. The third-order valence-corrected chi connectivity index (χ3v) is 11.9. The van der Waals surface area contributed by atoms with Crippen LogP contribution in [-0.4, -0.2) is 22.4 Å². The summed E-state index contributed by atoms with van der Waals surface area (Å²) in [6, 6.07) is 0. The van der Waals surface area contributed by atoms with Crippen molar-refractivity contribution in [3.63, 3.8) is 0 Å². The van der Waals surface area contributed by atoms with Gasteiger partial charge in [-0.15, -0.1) is 0 Å². The fraction of sp³-hybridized carbons (Fsp3) is 0.867. The van der Waals surface area contributed by atoms with E-state index in [4.69, 9.17) is 0 Å². The third kappa shape index (κ3) is 3.33. The fourth-order valence-electron chi connectivity index (χ4n) is 9.50. The van der Waals surface area contributed by atoms with Crippen LogP contribution in [0.1, 0.15) is 113 Å². The van der Waals surface area contributed by atoms with Gasteiger partial charge in [-0.1, -0.05) is 64.8 Å². The summed E-state index contributed by atoms with van der Waals surface area (Å²) in [5.74, 6) is 1.99. The van der Waals surface area contributed by atoms with Crippen molar-refractivity contribution in [1.29, 1.82) is 0 Å². The second-order valence-electron chi connectivity index (χ2n) is 13.7. The van der Waals surface area contributed by atoms with Gasteiger partial charge in [0.15, 0.2) is 0 Å². The highest BCUT2D eigenvalue weighted by Crippen LogP contribution is 2.72. The summed E-state index contributed by atoms with van der Waals surface area (Å²) >= 11 is 0. The lowest BCUT2D eigenvalue weighted by Gasteiger charge is -2.62. The summed E-state index contributed by atoms with van der Waals surface area (Å²) in [6.45, 7) is 20.8. The standard InChI is InChI=1S/C30H50O2/c1-19(2)24(31)11-9-20(3)21-13-17-30(8)23-10-12-25-27(4,5)26(32)15-16-28(25,6)22(23)14-18-29(21,30)7/h20-21,24-26,31-32H,1,9-18H2,2-8H3/t20-,21-,24-,25+,26+,28-,29-,30+/m1/s1. The molecule has 0 heterocycles. The zero-order valence-corrected chi connectivity index (χ0v) is 22.1. The number of allylic oxidation sites excluding steroid dienone is 2. The summed E-state index contributed by atoms with van der Waals surface area (Å²) in [6.07, 6.45) is 11.3. The molecular weight excluding hydrogens is 392 g/mol. The summed E-state index contributed by atoms with van der Waals surface area (Å²) in [4.78, 5) is 0. The van der Waals surface area contributed by atoms with Gasteiger partial charge in [-0.2, -0.15) is 0 Å². The average Bonchev–Trinajstić information content (AvgIpc) is 3.00. The Balaban J connectivity index is 1.62. The highest BCUT2D eigenvalue weighted by Gasteiger charge is 2.63. The molecule has 0 radical (unpaired) electrons. The monoisotopic (exact) mass is 442 g/mol. The highest BCUT2D eigenvalue weighted by molar-refractivity contribution is 5.38. The molecule has 2 nitrogen and oxygen atoms in total. The van der Waals surface area contributed by atoms with Crippen molar-refractivity contribution < 1.29 is 10.2 Å². The Kier molecular flexibility index (Phi) is 6.11. The van der Waals surface area contributed by atoms with E-state index in [1.165, 1.54) is 38.5 Å². The van der Waals surface area contributed by atoms with Crippen molar-refractivity contribution in [1.82, 2.24) is 0 Å². The Labute approximate surface area is 198 Å². The topological polar surface area (TPSA) is 40.5 Å². The molecule has 8 atom stereocenters. The molecule has 0 aliphatic heterocycles. The number of fused-ring (bicyclic) bond motifs is 4. The molecule has 0 aromatic rings. The molecule has 0 aromatic heterocycles.